The van der Waals surface area contributed by atoms with E-state index in [0.29, 0.717) is 47.2 Å². The first-order valence-electron chi connectivity index (χ1n) is 12.6. The van der Waals surface area contributed by atoms with Crippen LogP contribution in [0.15, 0.2) is 42.9 Å². The van der Waals surface area contributed by atoms with E-state index < -0.39 is 22.3 Å². The fraction of sp³-hybridized carbons (Fsp3) is 0.423. The van der Waals surface area contributed by atoms with Gasteiger partial charge in [0.1, 0.15) is 12.1 Å². The Morgan fingerprint density at radius 3 is 2.90 bits per heavy atom. The molecule has 0 bridgehead atoms. The number of anilines is 1. The number of aromatic nitrogens is 2. The molecule has 1 aliphatic carbocycles. The van der Waals surface area contributed by atoms with Crippen LogP contribution in [0, 0.1) is 5.92 Å². The molecule has 1 saturated heterocycles. The number of carbonyl (C=O) groups excluding carboxylic acids is 1. The molecule has 39 heavy (non-hydrogen) atoms. The third-order valence-electron chi connectivity index (χ3n) is 6.97. The molecule has 208 valence electrons. The fourth-order valence-corrected chi connectivity index (χ4v) is 6.93. The molecule has 0 unspecified atom stereocenters. The summed E-state index contributed by atoms with van der Waals surface area (Å²) in [4.78, 5) is 23.7. The van der Waals surface area contributed by atoms with Gasteiger partial charge >= 0.3 is 10.3 Å². The van der Waals surface area contributed by atoms with Gasteiger partial charge in [0, 0.05) is 34.7 Å². The average Bonchev–Trinajstić information content (AvgIpc) is 3.63. The van der Waals surface area contributed by atoms with Gasteiger partial charge in [-0.05, 0) is 61.4 Å². The van der Waals surface area contributed by atoms with Gasteiger partial charge in [-0.1, -0.05) is 23.7 Å². The maximum absolute atomic E-state index is 13.7. The van der Waals surface area contributed by atoms with E-state index in [-0.39, 0.29) is 24.5 Å². The number of ketones is 1. The van der Waals surface area contributed by atoms with Crippen molar-refractivity contribution in [3.8, 4) is 0 Å². The highest BCUT2D eigenvalue weighted by Gasteiger charge is 2.35. The van der Waals surface area contributed by atoms with E-state index in [9.17, 15) is 18.3 Å². The van der Waals surface area contributed by atoms with Crippen molar-refractivity contribution in [1.29, 1.82) is 0 Å². The van der Waals surface area contributed by atoms with Gasteiger partial charge < -0.3 is 15.2 Å². The molecule has 2 aromatic heterocycles. The number of carbonyl (C=O) groups is 1. The van der Waals surface area contributed by atoms with Crippen LogP contribution in [-0.4, -0.2) is 54.6 Å². The lowest BCUT2D eigenvalue weighted by Crippen LogP contribution is -2.24. The number of aliphatic hydroxyl groups is 1. The van der Waals surface area contributed by atoms with E-state index in [1.807, 2.05) is 30.3 Å². The second-order valence-electron chi connectivity index (χ2n) is 9.84. The van der Waals surface area contributed by atoms with Crippen LogP contribution in [0.3, 0.4) is 0 Å². The zero-order chi connectivity index (χ0) is 27.6. The first-order chi connectivity index (χ1) is 18.7. The number of benzene rings is 1. The Kier molecular flexibility index (Phi) is 8.62. The quantitative estimate of drug-likeness (QED) is 0.299. The van der Waals surface area contributed by atoms with Crippen LogP contribution in [0.5, 0.6) is 0 Å². The largest absolute Gasteiger partial charge is 0.393 e. The van der Waals surface area contributed by atoms with Gasteiger partial charge in [-0.15, -0.1) is 11.3 Å². The van der Waals surface area contributed by atoms with Crippen molar-refractivity contribution >= 4 is 44.8 Å². The molecule has 1 aromatic carbocycles. The number of nitrogens with two attached hydrogens (primary N) is 1. The second-order valence-corrected chi connectivity index (χ2v) is 12.6. The SMILES string of the molecule is NS(=O)(=O)OC[C@H]1C[C@@H](Nc2ncncc2C(=O)c2cc(Cc3cccc(Cl)c3)c([C@H]3CCCO3)s2)C[C@@H]1O. The number of nitrogens with one attached hydrogen (secondary N) is 1. The van der Waals surface area contributed by atoms with Crippen molar-refractivity contribution in [3.63, 3.8) is 0 Å². The van der Waals surface area contributed by atoms with Crippen molar-refractivity contribution in [2.24, 2.45) is 11.1 Å². The molecule has 2 fully saturated rings. The van der Waals surface area contributed by atoms with Crippen molar-refractivity contribution in [1.82, 2.24) is 9.97 Å². The van der Waals surface area contributed by atoms with Crippen LogP contribution < -0.4 is 10.5 Å². The first kappa shape index (κ1) is 28.1. The molecule has 13 heteroatoms. The third-order valence-corrected chi connectivity index (χ3v) is 8.94. The molecule has 0 spiro atoms. The molecule has 1 aliphatic heterocycles. The molecule has 10 nitrogen and oxygen atoms in total. The molecule has 2 aliphatic rings. The number of nitrogens with zero attached hydrogens (tertiary/aromatic N) is 2. The number of hydrogen-bond acceptors (Lipinski definition) is 10. The van der Waals surface area contributed by atoms with Crippen LogP contribution >= 0.6 is 22.9 Å². The fourth-order valence-electron chi connectivity index (χ4n) is 5.14. The predicted octanol–water partition coefficient (Wildman–Crippen LogP) is 3.64. The number of hydrogen-bond donors (Lipinski definition) is 3. The highest BCUT2D eigenvalue weighted by molar-refractivity contribution is 7.84. The van der Waals surface area contributed by atoms with Gasteiger partial charge in [0.2, 0.25) is 5.78 Å². The van der Waals surface area contributed by atoms with E-state index in [0.717, 1.165) is 28.8 Å². The van der Waals surface area contributed by atoms with Crippen molar-refractivity contribution in [2.75, 3.05) is 18.5 Å². The van der Waals surface area contributed by atoms with Crippen LogP contribution in [0.4, 0.5) is 5.82 Å². The van der Waals surface area contributed by atoms with Crippen molar-refractivity contribution in [2.45, 2.75) is 50.4 Å². The van der Waals surface area contributed by atoms with Crippen LogP contribution in [-0.2, 0) is 25.6 Å². The zero-order valence-corrected chi connectivity index (χ0v) is 23.3. The summed E-state index contributed by atoms with van der Waals surface area (Å²) in [5, 5.41) is 19.2. The minimum atomic E-state index is -4.10. The Labute approximate surface area is 235 Å². The third kappa shape index (κ3) is 7.01. The van der Waals surface area contributed by atoms with Gasteiger partial charge in [-0.3, -0.25) is 8.98 Å². The summed E-state index contributed by atoms with van der Waals surface area (Å²) >= 11 is 7.63. The summed E-state index contributed by atoms with van der Waals surface area (Å²) in [7, 11) is -4.10. The van der Waals surface area contributed by atoms with Gasteiger partial charge in [0.25, 0.3) is 0 Å². The molecule has 4 atom stereocenters. The van der Waals surface area contributed by atoms with Crippen LogP contribution in [0.2, 0.25) is 5.02 Å². The second kappa shape index (κ2) is 12.0. The molecule has 3 heterocycles. The normalized spacial score (nSPS) is 23.3. The Balaban J connectivity index is 1.36. The molecule has 0 amide bonds. The summed E-state index contributed by atoms with van der Waals surface area (Å²) in [6.45, 7) is 0.476. The average molecular weight is 593 g/mol. The monoisotopic (exact) mass is 592 g/mol. The number of rotatable bonds is 10. The zero-order valence-electron chi connectivity index (χ0n) is 21.0. The Hall–Kier alpha value is -2.45. The molecule has 4 N–H and O–H groups in total. The lowest BCUT2D eigenvalue weighted by molar-refractivity contribution is 0.101. The molecule has 0 radical (unpaired) electrons. The molecule has 1 saturated carbocycles. The summed E-state index contributed by atoms with van der Waals surface area (Å²) < 4.78 is 32.9. The van der Waals surface area contributed by atoms with Crippen LogP contribution in [0.1, 0.15) is 63.0 Å². The van der Waals surface area contributed by atoms with E-state index in [1.54, 1.807) is 0 Å². The Morgan fingerprint density at radius 1 is 1.31 bits per heavy atom. The van der Waals surface area contributed by atoms with Gasteiger partial charge in [-0.2, -0.15) is 8.42 Å². The Bertz CT molecular complexity index is 1440. The minimum Gasteiger partial charge on any atom is -0.393 e. The maximum Gasteiger partial charge on any atom is 0.333 e. The summed E-state index contributed by atoms with van der Waals surface area (Å²) in [6, 6.07) is 9.34. The summed E-state index contributed by atoms with van der Waals surface area (Å²) in [5.74, 6) is -0.293. The Morgan fingerprint density at radius 2 is 2.15 bits per heavy atom. The highest BCUT2D eigenvalue weighted by Crippen LogP contribution is 2.39. The van der Waals surface area contributed by atoms with Crippen molar-refractivity contribution in [3.05, 3.63) is 74.3 Å². The van der Waals surface area contributed by atoms with E-state index in [4.69, 9.17) is 21.5 Å². The van der Waals surface area contributed by atoms with E-state index in [2.05, 4.69) is 19.5 Å². The molecular weight excluding hydrogens is 564 g/mol. The number of aliphatic hydroxyl groups excluding tert-OH is 1. The number of thiophene rings is 1. The van der Waals surface area contributed by atoms with E-state index >= 15 is 0 Å². The lowest BCUT2D eigenvalue weighted by atomic mass is 10.0. The molecule has 5 rings (SSSR count). The van der Waals surface area contributed by atoms with Crippen LogP contribution in [0.25, 0.3) is 0 Å². The smallest absolute Gasteiger partial charge is 0.333 e. The minimum absolute atomic E-state index is 0.0492. The number of halogens is 1. The first-order valence-corrected chi connectivity index (χ1v) is 15.3. The van der Waals surface area contributed by atoms with Gasteiger partial charge in [0.15, 0.2) is 0 Å². The van der Waals surface area contributed by atoms with Gasteiger partial charge in [-0.25, -0.2) is 15.1 Å². The molecular formula is C26H29ClN4O6S2. The standard InChI is InChI=1S/C26H29ClN4O6S2/c27-18-4-1-3-15(8-18)7-16-10-23(38-25(16)22-5-2-6-36-22)24(33)20-12-29-14-30-26(20)31-19-9-17(21(32)11-19)13-37-39(28,34)35/h1,3-4,8,10,12,14,17,19,21-22,32H,2,5-7,9,11,13H2,(H2,28,34,35)(H,29,30,31)/t17-,19-,21+,22-/m1/s1. The summed E-state index contributed by atoms with van der Waals surface area (Å²) in [6.07, 6.45) is 5.24. The topological polar surface area (TPSA) is 154 Å². The van der Waals surface area contributed by atoms with E-state index in [1.165, 1.54) is 23.9 Å². The predicted molar refractivity (Wildman–Crippen MR) is 147 cm³/mol. The lowest BCUT2D eigenvalue weighted by Gasteiger charge is -2.15. The molecule has 3 aromatic rings. The number of ether oxygens (including phenoxy) is 1. The summed E-state index contributed by atoms with van der Waals surface area (Å²) in [5.41, 5.74) is 2.39. The maximum atomic E-state index is 13.7. The van der Waals surface area contributed by atoms with Gasteiger partial charge in [0.05, 0.1) is 29.3 Å². The van der Waals surface area contributed by atoms with Crippen molar-refractivity contribution < 1.29 is 27.2 Å². The highest BCUT2D eigenvalue weighted by atomic mass is 35.5.